The first-order chi connectivity index (χ1) is 12.8. The number of thioether (sulfide) groups is 1. The molecule has 3 rings (SSSR count). The van der Waals surface area contributed by atoms with Crippen LogP contribution < -0.4 is 5.73 Å². The van der Waals surface area contributed by atoms with Crippen molar-refractivity contribution in [3.05, 3.63) is 56.2 Å². The standard InChI is InChI=1S/C19H21Cl2N3O2S/c1-10(2)26-9-13-5-7-16(27-13)18-11(3)17(19(22)25)23-24(18)15-6-4-12(20)8-14(15)21/h4-6,8,10,16H,7,9H2,1-3H3,(H2,22,25). The molecule has 0 fully saturated rings. The van der Waals surface area contributed by atoms with Gasteiger partial charge >= 0.3 is 0 Å². The van der Waals surface area contributed by atoms with Gasteiger partial charge in [0.25, 0.3) is 5.91 Å². The van der Waals surface area contributed by atoms with Crippen molar-refractivity contribution in [2.45, 2.75) is 38.5 Å². The van der Waals surface area contributed by atoms with Crippen molar-refractivity contribution in [3.63, 3.8) is 0 Å². The van der Waals surface area contributed by atoms with E-state index in [0.717, 1.165) is 17.7 Å². The number of hydrogen-bond donors (Lipinski definition) is 1. The number of benzene rings is 1. The third-order valence-corrected chi connectivity index (χ3v) is 6.08. The van der Waals surface area contributed by atoms with E-state index in [1.54, 1.807) is 34.6 Å². The highest BCUT2D eigenvalue weighted by Crippen LogP contribution is 2.46. The fourth-order valence-electron chi connectivity index (χ4n) is 2.98. The lowest BCUT2D eigenvalue weighted by molar-refractivity contribution is 0.0993. The van der Waals surface area contributed by atoms with Gasteiger partial charge in [0.15, 0.2) is 5.69 Å². The minimum absolute atomic E-state index is 0.100. The number of halogens is 2. The van der Waals surface area contributed by atoms with Crippen LogP contribution in [0, 0.1) is 6.92 Å². The van der Waals surface area contributed by atoms with Crippen molar-refractivity contribution in [3.8, 4) is 5.69 Å². The van der Waals surface area contributed by atoms with E-state index in [2.05, 4.69) is 11.2 Å². The summed E-state index contributed by atoms with van der Waals surface area (Å²) in [5, 5.41) is 5.56. The van der Waals surface area contributed by atoms with E-state index >= 15 is 0 Å². The number of rotatable bonds is 6. The first-order valence-electron chi connectivity index (χ1n) is 8.60. The summed E-state index contributed by atoms with van der Waals surface area (Å²) in [7, 11) is 0. The van der Waals surface area contributed by atoms with Crippen molar-refractivity contribution in [1.82, 2.24) is 9.78 Å². The lowest BCUT2D eigenvalue weighted by Crippen LogP contribution is -2.13. The molecule has 27 heavy (non-hydrogen) atoms. The molecule has 1 unspecified atom stereocenters. The molecular weight excluding hydrogens is 405 g/mol. The van der Waals surface area contributed by atoms with Crippen LogP contribution in [0.25, 0.3) is 5.69 Å². The number of nitrogens with zero attached hydrogens (tertiary/aromatic N) is 2. The van der Waals surface area contributed by atoms with Crippen LogP contribution in [0.1, 0.15) is 47.3 Å². The fourth-order valence-corrected chi connectivity index (χ4v) is 4.75. The van der Waals surface area contributed by atoms with Crippen LogP contribution in [0.3, 0.4) is 0 Å². The van der Waals surface area contributed by atoms with Gasteiger partial charge in [0.2, 0.25) is 0 Å². The number of hydrogen-bond acceptors (Lipinski definition) is 4. The number of aromatic nitrogens is 2. The van der Waals surface area contributed by atoms with Crippen LogP contribution in [0.15, 0.2) is 29.2 Å². The van der Waals surface area contributed by atoms with Gasteiger partial charge in [-0.05, 0) is 45.4 Å². The van der Waals surface area contributed by atoms with Gasteiger partial charge in [-0.1, -0.05) is 29.3 Å². The third-order valence-electron chi connectivity index (χ3n) is 4.26. The Morgan fingerprint density at radius 3 is 2.81 bits per heavy atom. The number of amides is 1. The molecule has 1 aliphatic rings. The minimum atomic E-state index is -0.558. The maximum Gasteiger partial charge on any atom is 0.269 e. The van der Waals surface area contributed by atoms with Crippen LogP contribution in [-0.2, 0) is 4.74 Å². The second-order valence-electron chi connectivity index (χ2n) is 6.60. The zero-order valence-electron chi connectivity index (χ0n) is 15.3. The van der Waals surface area contributed by atoms with Crippen molar-refractivity contribution in [2.24, 2.45) is 5.73 Å². The third kappa shape index (κ3) is 4.35. The summed E-state index contributed by atoms with van der Waals surface area (Å²) in [5.74, 6) is -0.558. The van der Waals surface area contributed by atoms with Crippen LogP contribution in [0.2, 0.25) is 10.0 Å². The lowest BCUT2D eigenvalue weighted by Gasteiger charge is -2.16. The quantitative estimate of drug-likeness (QED) is 0.700. The first-order valence-corrected chi connectivity index (χ1v) is 10.2. The first kappa shape index (κ1) is 20.3. The lowest BCUT2D eigenvalue weighted by atomic mass is 10.1. The molecule has 1 atom stereocenters. The van der Waals surface area contributed by atoms with E-state index in [-0.39, 0.29) is 17.0 Å². The maximum absolute atomic E-state index is 11.9. The fraction of sp³-hybridized carbons (Fsp3) is 0.368. The Morgan fingerprint density at radius 1 is 1.44 bits per heavy atom. The highest BCUT2D eigenvalue weighted by Gasteiger charge is 2.29. The van der Waals surface area contributed by atoms with Gasteiger partial charge in [-0.15, -0.1) is 11.8 Å². The molecule has 1 aromatic heterocycles. The Balaban J connectivity index is 1.99. The summed E-state index contributed by atoms with van der Waals surface area (Å²) in [6, 6.07) is 5.20. The average molecular weight is 426 g/mol. The Bertz CT molecular complexity index is 909. The second-order valence-corrected chi connectivity index (χ2v) is 8.78. The van der Waals surface area contributed by atoms with Gasteiger partial charge in [0, 0.05) is 15.5 Å². The molecule has 0 saturated carbocycles. The van der Waals surface area contributed by atoms with Gasteiger partial charge in [0.1, 0.15) is 0 Å². The van der Waals surface area contributed by atoms with E-state index in [1.807, 2.05) is 20.8 Å². The molecule has 0 saturated heterocycles. The number of ether oxygens (including phenoxy) is 1. The van der Waals surface area contributed by atoms with Crippen molar-refractivity contribution in [2.75, 3.05) is 6.61 Å². The molecule has 0 radical (unpaired) electrons. The predicted octanol–water partition coefficient (Wildman–Crippen LogP) is 5.07. The van der Waals surface area contributed by atoms with E-state index in [4.69, 9.17) is 33.7 Å². The normalized spacial score (nSPS) is 16.8. The van der Waals surface area contributed by atoms with Gasteiger partial charge in [-0.2, -0.15) is 5.10 Å². The molecule has 0 bridgehead atoms. The molecule has 1 amide bonds. The van der Waals surface area contributed by atoms with Gasteiger partial charge < -0.3 is 10.5 Å². The highest BCUT2D eigenvalue weighted by molar-refractivity contribution is 8.03. The van der Waals surface area contributed by atoms with E-state index in [9.17, 15) is 4.79 Å². The molecule has 8 heteroatoms. The molecule has 2 heterocycles. The number of carbonyl (C=O) groups excluding carboxylic acids is 1. The summed E-state index contributed by atoms with van der Waals surface area (Å²) in [5.41, 5.74) is 8.13. The SMILES string of the molecule is Cc1c(C(N)=O)nn(-c2ccc(Cl)cc2Cl)c1C1CC=C(COC(C)C)S1. The molecule has 144 valence electrons. The molecule has 1 aliphatic heterocycles. The summed E-state index contributed by atoms with van der Waals surface area (Å²) in [6.07, 6.45) is 3.16. The molecule has 0 aliphatic carbocycles. The average Bonchev–Trinajstić information content (AvgIpc) is 3.17. The molecule has 5 nitrogen and oxygen atoms in total. The highest BCUT2D eigenvalue weighted by atomic mass is 35.5. The van der Waals surface area contributed by atoms with Gasteiger partial charge in [-0.25, -0.2) is 4.68 Å². The predicted molar refractivity (Wildman–Crippen MR) is 111 cm³/mol. The number of allylic oxidation sites excluding steroid dienone is 1. The van der Waals surface area contributed by atoms with E-state index < -0.39 is 5.91 Å². The molecule has 1 aromatic carbocycles. The number of primary amides is 1. The van der Waals surface area contributed by atoms with Crippen molar-refractivity contribution < 1.29 is 9.53 Å². The van der Waals surface area contributed by atoms with E-state index in [0.29, 0.717) is 22.3 Å². The summed E-state index contributed by atoms with van der Waals surface area (Å²) < 4.78 is 7.42. The zero-order valence-corrected chi connectivity index (χ0v) is 17.7. The summed E-state index contributed by atoms with van der Waals surface area (Å²) >= 11 is 14.1. The Hall–Kier alpha value is -1.47. The van der Waals surface area contributed by atoms with Gasteiger partial charge in [0.05, 0.1) is 34.4 Å². The van der Waals surface area contributed by atoms with Crippen LogP contribution in [0.5, 0.6) is 0 Å². The van der Waals surface area contributed by atoms with Crippen LogP contribution in [0.4, 0.5) is 0 Å². The summed E-state index contributed by atoms with van der Waals surface area (Å²) in [6.45, 7) is 6.47. The largest absolute Gasteiger partial charge is 0.374 e. The number of nitrogens with two attached hydrogens (primary N) is 1. The molecule has 0 spiro atoms. The van der Waals surface area contributed by atoms with Crippen LogP contribution in [-0.4, -0.2) is 28.4 Å². The Labute approximate surface area is 172 Å². The van der Waals surface area contributed by atoms with Gasteiger partial charge in [-0.3, -0.25) is 4.79 Å². The zero-order chi connectivity index (χ0) is 19.7. The van der Waals surface area contributed by atoms with E-state index in [1.165, 1.54) is 4.91 Å². The molecular formula is C19H21Cl2N3O2S. The van der Waals surface area contributed by atoms with Crippen LogP contribution >= 0.6 is 35.0 Å². The van der Waals surface area contributed by atoms with Crippen molar-refractivity contribution >= 4 is 40.9 Å². The smallest absolute Gasteiger partial charge is 0.269 e. The summed E-state index contributed by atoms with van der Waals surface area (Å²) in [4.78, 5) is 13.0. The maximum atomic E-state index is 11.9. The Kier molecular flexibility index (Phi) is 6.21. The topological polar surface area (TPSA) is 70.1 Å². The van der Waals surface area contributed by atoms with Crippen molar-refractivity contribution in [1.29, 1.82) is 0 Å². The number of carbonyl (C=O) groups is 1. The Morgan fingerprint density at radius 2 is 2.19 bits per heavy atom. The molecule has 2 N–H and O–H groups in total. The second kappa shape index (κ2) is 8.27. The minimum Gasteiger partial charge on any atom is -0.374 e. The monoisotopic (exact) mass is 425 g/mol. The molecule has 2 aromatic rings.